The zero-order valence-electron chi connectivity index (χ0n) is 7.91. The smallest absolute Gasteiger partial charge is 0.244 e. The van der Waals surface area contributed by atoms with Crippen LogP contribution in [0.5, 0.6) is 0 Å². The molecule has 2 rings (SSSR count). The first-order valence-corrected chi connectivity index (χ1v) is 6.21. The molecule has 0 spiro atoms. The molecule has 0 aliphatic carbocycles. The molecule has 1 aliphatic heterocycles. The molecule has 1 fully saturated rings. The number of carbonyl (C=O) groups is 1. The Labute approximate surface area is 105 Å². The van der Waals surface area contributed by atoms with Crippen molar-refractivity contribution in [3.8, 4) is 0 Å². The fourth-order valence-electron chi connectivity index (χ4n) is 1.67. The molecule has 1 atom stereocenters. The first-order chi connectivity index (χ1) is 7.11. The van der Waals surface area contributed by atoms with Crippen LogP contribution in [0.25, 0.3) is 0 Å². The Kier molecular flexibility index (Phi) is 3.13. The van der Waals surface area contributed by atoms with Crippen LogP contribution in [0.4, 0.5) is 5.69 Å². The summed E-state index contributed by atoms with van der Waals surface area (Å²) in [7, 11) is 0. The number of hydrogen-bond acceptors (Lipinski definition) is 2. The lowest BCUT2D eigenvalue weighted by Gasteiger charge is -2.19. The van der Waals surface area contributed by atoms with E-state index in [0.717, 1.165) is 14.6 Å². The number of anilines is 1. The summed E-state index contributed by atoms with van der Waals surface area (Å²) in [5, 5.41) is 0. The number of rotatable bonds is 1. The van der Waals surface area contributed by atoms with Crippen LogP contribution < -0.4 is 10.6 Å². The van der Waals surface area contributed by atoms with Crippen LogP contribution in [0.2, 0.25) is 0 Å². The van der Waals surface area contributed by atoms with Gasteiger partial charge in [0.2, 0.25) is 5.91 Å². The van der Waals surface area contributed by atoms with Crippen molar-refractivity contribution in [2.24, 2.45) is 5.73 Å². The maximum Gasteiger partial charge on any atom is 0.244 e. The standard InChI is InChI=1S/C10H10Br2N2O/c11-6-2-1-3-7(12)9(6)14-5-4-8(13)10(14)15/h1-3,8H,4-5,13H2. The zero-order valence-corrected chi connectivity index (χ0v) is 11.1. The van der Waals surface area contributed by atoms with Crippen LogP contribution in [0, 0.1) is 0 Å². The van der Waals surface area contributed by atoms with Gasteiger partial charge in [-0.05, 0) is 50.4 Å². The molecule has 15 heavy (non-hydrogen) atoms. The number of benzene rings is 1. The number of amides is 1. The summed E-state index contributed by atoms with van der Waals surface area (Å²) >= 11 is 6.88. The summed E-state index contributed by atoms with van der Waals surface area (Å²) in [6.07, 6.45) is 0.715. The minimum atomic E-state index is -0.357. The van der Waals surface area contributed by atoms with Gasteiger partial charge in [-0.1, -0.05) is 6.07 Å². The molecule has 0 radical (unpaired) electrons. The van der Waals surface area contributed by atoms with Crippen molar-refractivity contribution in [3.05, 3.63) is 27.1 Å². The highest BCUT2D eigenvalue weighted by atomic mass is 79.9. The van der Waals surface area contributed by atoms with E-state index in [2.05, 4.69) is 31.9 Å². The van der Waals surface area contributed by atoms with Crippen LogP contribution in [-0.2, 0) is 4.79 Å². The second-order valence-electron chi connectivity index (χ2n) is 3.46. The molecular formula is C10H10Br2N2O. The number of hydrogen-bond donors (Lipinski definition) is 1. The maximum absolute atomic E-state index is 11.8. The van der Waals surface area contributed by atoms with E-state index in [4.69, 9.17) is 5.73 Å². The average molecular weight is 334 g/mol. The molecule has 0 bridgehead atoms. The molecule has 5 heteroatoms. The molecule has 1 heterocycles. The lowest BCUT2D eigenvalue weighted by atomic mass is 10.3. The molecule has 0 aromatic heterocycles. The Morgan fingerprint density at radius 1 is 1.33 bits per heavy atom. The van der Waals surface area contributed by atoms with E-state index in [-0.39, 0.29) is 11.9 Å². The van der Waals surface area contributed by atoms with Crippen molar-refractivity contribution in [1.29, 1.82) is 0 Å². The number of halogens is 2. The first-order valence-electron chi connectivity index (χ1n) is 4.62. The normalized spacial score (nSPS) is 21.1. The summed E-state index contributed by atoms with van der Waals surface area (Å²) in [6, 6.07) is 5.39. The van der Waals surface area contributed by atoms with Gasteiger partial charge < -0.3 is 10.6 Å². The van der Waals surface area contributed by atoms with Crippen molar-refractivity contribution >= 4 is 43.5 Å². The van der Waals surface area contributed by atoms with E-state index in [1.165, 1.54) is 0 Å². The predicted molar refractivity (Wildman–Crippen MR) is 66.8 cm³/mol. The molecule has 2 N–H and O–H groups in total. The van der Waals surface area contributed by atoms with Gasteiger partial charge in [0.1, 0.15) is 0 Å². The van der Waals surface area contributed by atoms with E-state index in [1.807, 2.05) is 18.2 Å². The van der Waals surface area contributed by atoms with Crippen LogP contribution in [0.3, 0.4) is 0 Å². The van der Waals surface area contributed by atoms with Gasteiger partial charge in [0.25, 0.3) is 0 Å². The van der Waals surface area contributed by atoms with Crippen LogP contribution >= 0.6 is 31.9 Å². The van der Waals surface area contributed by atoms with Gasteiger partial charge >= 0.3 is 0 Å². The van der Waals surface area contributed by atoms with Crippen molar-refractivity contribution in [2.75, 3.05) is 11.4 Å². The molecule has 1 aromatic carbocycles. The predicted octanol–water partition coefficient (Wildman–Crippen LogP) is 2.28. The molecule has 1 amide bonds. The van der Waals surface area contributed by atoms with E-state index >= 15 is 0 Å². The van der Waals surface area contributed by atoms with Crippen molar-refractivity contribution < 1.29 is 4.79 Å². The Hall–Kier alpha value is -0.390. The van der Waals surface area contributed by atoms with Gasteiger partial charge in [0.15, 0.2) is 0 Å². The zero-order chi connectivity index (χ0) is 11.0. The average Bonchev–Trinajstić information content (AvgIpc) is 2.49. The van der Waals surface area contributed by atoms with Gasteiger partial charge in [-0.15, -0.1) is 0 Å². The maximum atomic E-state index is 11.8. The highest BCUT2D eigenvalue weighted by Crippen LogP contribution is 2.35. The highest BCUT2D eigenvalue weighted by Gasteiger charge is 2.31. The van der Waals surface area contributed by atoms with E-state index < -0.39 is 0 Å². The SMILES string of the molecule is NC1CCN(c2c(Br)cccc2Br)C1=O. The molecule has 1 unspecified atom stereocenters. The molecule has 80 valence electrons. The Bertz CT molecular complexity index is 388. The van der Waals surface area contributed by atoms with Gasteiger partial charge in [-0.25, -0.2) is 0 Å². The molecule has 0 saturated carbocycles. The number of nitrogens with two attached hydrogens (primary N) is 1. The summed E-state index contributed by atoms with van der Waals surface area (Å²) in [5.74, 6) is -0.0115. The minimum absolute atomic E-state index is 0.0115. The Morgan fingerprint density at radius 2 is 1.93 bits per heavy atom. The number of carbonyl (C=O) groups excluding carboxylic acids is 1. The molecular weight excluding hydrogens is 324 g/mol. The van der Waals surface area contributed by atoms with E-state index in [0.29, 0.717) is 13.0 Å². The summed E-state index contributed by atoms with van der Waals surface area (Å²) in [6.45, 7) is 0.682. The largest absolute Gasteiger partial charge is 0.320 e. The van der Waals surface area contributed by atoms with Crippen LogP contribution in [0.15, 0.2) is 27.1 Å². The third-order valence-corrected chi connectivity index (χ3v) is 3.73. The quantitative estimate of drug-likeness (QED) is 0.857. The summed E-state index contributed by atoms with van der Waals surface area (Å²) in [4.78, 5) is 13.5. The fraction of sp³-hybridized carbons (Fsp3) is 0.300. The third-order valence-electron chi connectivity index (χ3n) is 2.45. The van der Waals surface area contributed by atoms with Gasteiger partial charge in [-0.3, -0.25) is 4.79 Å². The second kappa shape index (κ2) is 4.23. The van der Waals surface area contributed by atoms with Crippen molar-refractivity contribution in [3.63, 3.8) is 0 Å². The molecule has 1 saturated heterocycles. The van der Waals surface area contributed by atoms with E-state index in [9.17, 15) is 4.79 Å². The van der Waals surface area contributed by atoms with Crippen LogP contribution in [0.1, 0.15) is 6.42 Å². The molecule has 1 aliphatic rings. The highest BCUT2D eigenvalue weighted by molar-refractivity contribution is 9.11. The molecule has 1 aromatic rings. The van der Waals surface area contributed by atoms with E-state index in [1.54, 1.807) is 4.90 Å². The number of para-hydroxylation sites is 1. The Balaban J connectivity index is 2.42. The topological polar surface area (TPSA) is 46.3 Å². The molecule has 3 nitrogen and oxygen atoms in total. The van der Waals surface area contributed by atoms with Gasteiger partial charge in [0, 0.05) is 15.5 Å². The van der Waals surface area contributed by atoms with Crippen LogP contribution in [-0.4, -0.2) is 18.5 Å². The lowest BCUT2D eigenvalue weighted by molar-refractivity contribution is -0.118. The van der Waals surface area contributed by atoms with Gasteiger partial charge in [-0.2, -0.15) is 0 Å². The van der Waals surface area contributed by atoms with Gasteiger partial charge in [0.05, 0.1) is 11.7 Å². The number of nitrogens with zero attached hydrogens (tertiary/aromatic N) is 1. The third kappa shape index (κ3) is 1.96. The Morgan fingerprint density at radius 3 is 2.40 bits per heavy atom. The fourth-order valence-corrected chi connectivity index (χ4v) is 3.10. The van der Waals surface area contributed by atoms with Crippen molar-refractivity contribution in [1.82, 2.24) is 0 Å². The monoisotopic (exact) mass is 332 g/mol. The minimum Gasteiger partial charge on any atom is -0.320 e. The second-order valence-corrected chi connectivity index (χ2v) is 5.16. The lowest BCUT2D eigenvalue weighted by Crippen LogP contribution is -2.34. The van der Waals surface area contributed by atoms with Crippen molar-refractivity contribution in [2.45, 2.75) is 12.5 Å². The first kappa shape index (κ1) is 11.1. The summed E-state index contributed by atoms with van der Waals surface area (Å²) < 4.78 is 1.80. The summed E-state index contributed by atoms with van der Waals surface area (Å²) in [5.41, 5.74) is 6.56.